The van der Waals surface area contributed by atoms with E-state index >= 15 is 0 Å². The van der Waals surface area contributed by atoms with Crippen molar-refractivity contribution in [3.63, 3.8) is 0 Å². The molecule has 1 N–H and O–H groups in total. The summed E-state index contributed by atoms with van der Waals surface area (Å²) in [7, 11) is 0. The van der Waals surface area contributed by atoms with Crippen molar-refractivity contribution in [2.24, 2.45) is 0 Å². The van der Waals surface area contributed by atoms with E-state index in [-0.39, 0.29) is 6.10 Å². The summed E-state index contributed by atoms with van der Waals surface area (Å²) in [4.78, 5) is 15.8. The largest absolute Gasteiger partial charge is 0.490 e. The Bertz CT molecular complexity index is 682. The number of pyridine rings is 1. The average Bonchev–Trinajstić information content (AvgIpc) is 2.56. The zero-order valence-electron chi connectivity index (χ0n) is 12.5. The van der Waals surface area contributed by atoms with Gasteiger partial charge in [-0.05, 0) is 29.3 Å². The molecular formula is C17H17FN2O3. The van der Waals surface area contributed by atoms with Crippen molar-refractivity contribution < 1.29 is 19.0 Å². The number of benzene rings is 1. The van der Waals surface area contributed by atoms with Gasteiger partial charge in [-0.25, -0.2) is 9.78 Å². The first-order valence-electron chi connectivity index (χ1n) is 7.48. The molecule has 23 heavy (non-hydrogen) atoms. The molecule has 0 radical (unpaired) electrons. The van der Waals surface area contributed by atoms with E-state index < -0.39 is 12.0 Å². The second-order valence-corrected chi connectivity index (χ2v) is 5.48. The zero-order chi connectivity index (χ0) is 16.2. The predicted molar refractivity (Wildman–Crippen MR) is 82.9 cm³/mol. The van der Waals surface area contributed by atoms with E-state index in [0.717, 1.165) is 16.9 Å². The smallest absolute Gasteiger partial charge is 0.407 e. The van der Waals surface area contributed by atoms with Gasteiger partial charge in [-0.15, -0.1) is 0 Å². The highest BCUT2D eigenvalue weighted by atomic mass is 19.1. The highest BCUT2D eigenvalue weighted by molar-refractivity contribution is 5.65. The van der Waals surface area contributed by atoms with Crippen molar-refractivity contribution in [1.82, 2.24) is 9.88 Å². The van der Waals surface area contributed by atoms with Crippen molar-refractivity contribution in [3.8, 4) is 16.9 Å². The van der Waals surface area contributed by atoms with E-state index in [9.17, 15) is 9.18 Å². The molecule has 0 spiro atoms. The van der Waals surface area contributed by atoms with Crippen molar-refractivity contribution in [3.05, 3.63) is 48.5 Å². The summed E-state index contributed by atoms with van der Waals surface area (Å²) in [5, 5.41) is 8.93. The Hall–Kier alpha value is -2.63. The number of rotatable bonds is 3. The number of carboxylic acid groups (broad SMARTS) is 1. The first-order chi connectivity index (χ1) is 11.1. The number of hydrogen-bond donors (Lipinski definition) is 1. The Morgan fingerprint density at radius 1 is 1.17 bits per heavy atom. The molecule has 1 amide bonds. The summed E-state index contributed by atoms with van der Waals surface area (Å²) < 4.78 is 19.0. The Morgan fingerprint density at radius 3 is 2.48 bits per heavy atom. The molecule has 1 aromatic heterocycles. The van der Waals surface area contributed by atoms with Gasteiger partial charge < -0.3 is 14.7 Å². The van der Waals surface area contributed by atoms with Gasteiger partial charge in [-0.2, -0.15) is 4.39 Å². The third-order valence-corrected chi connectivity index (χ3v) is 3.93. The van der Waals surface area contributed by atoms with Gasteiger partial charge in [0.1, 0.15) is 11.9 Å². The molecule has 3 rings (SSSR count). The van der Waals surface area contributed by atoms with Crippen LogP contribution in [0.25, 0.3) is 11.1 Å². The molecule has 0 aliphatic carbocycles. The van der Waals surface area contributed by atoms with Crippen molar-refractivity contribution >= 4 is 6.09 Å². The molecule has 0 bridgehead atoms. The average molecular weight is 316 g/mol. The van der Waals surface area contributed by atoms with Crippen LogP contribution in [0.5, 0.6) is 5.75 Å². The molecule has 6 heteroatoms. The van der Waals surface area contributed by atoms with Crippen LogP contribution in [0.1, 0.15) is 12.8 Å². The molecular weight excluding hydrogens is 299 g/mol. The minimum absolute atomic E-state index is 0.0230. The van der Waals surface area contributed by atoms with E-state index in [2.05, 4.69) is 4.98 Å². The third-order valence-electron chi connectivity index (χ3n) is 3.93. The Balaban J connectivity index is 1.61. The van der Waals surface area contributed by atoms with Crippen LogP contribution in [0.15, 0.2) is 42.6 Å². The van der Waals surface area contributed by atoms with Gasteiger partial charge in [0, 0.05) is 38.2 Å². The highest BCUT2D eigenvalue weighted by Gasteiger charge is 2.23. The zero-order valence-corrected chi connectivity index (χ0v) is 12.5. The molecule has 1 saturated heterocycles. The summed E-state index contributed by atoms with van der Waals surface area (Å²) in [6.45, 7) is 0.989. The molecule has 5 nitrogen and oxygen atoms in total. The molecule has 1 aliphatic rings. The summed E-state index contributed by atoms with van der Waals surface area (Å²) in [6, 6.07) is 10.6. The van der Waals surface area contributed by atoms with Crippen LogP contribution in [0.2, 0.25) is 0 Å². The van der Waals surface area contributed by atoms with E-state index in [0.29, 0.717) is 25.9 Å². The van der Waals surface area contributed by atoms with Gasteiger partial charge in [0.15, 0.2) is 0 Å². The van der Waals surface area contributed by atoms with Crippen LogP contribution in [0, 0.1) is 5.95 Å². The lowest BCUT2D eigenvalue weighted by molar-refractivity contribution is 0.0895. The third kappa shape index (κ3) is 3.77. The van der Waals surface area contributed by atoms with Crippen LogP contribution in [0.4, 0.5) is 9.18 Å². The van der Waals surface area contributed by atoms with Gasteiger partial charge >= 0.3 is 6.09 Å². The Morgan fingerprint density at radius 2 is 1.87 bits per heavy atom. The number of aromatic nitrogens is 1. The normalized spacial score (nSPS) is 15.4. The van der Waals surface area contributed by atoms with Crippen LogP contribution in [-0.2, 0) is 0 Å². The summed E-state index contributed by atoms with van der Waals surface area (Å²) in [5.74, 6) is 0.227. The first kappa shape index (κ1) is 15.3. The number of nitrogens with zero attached hydrogens (tertiary/aromatic N) is 2. The number of piperidine rings is 1. The number of likely N-dealkylation sites (tertiary alicyclic amines) is 1. The SMILES string of the molecule is O=C(O)N1CCC(Oc2ccc(-c3ccnc(F)c3)cc2)CC1. The standard InChI is InChI=1S/C17H17FN2O3/c18-16-11-13(5-8-19-16)12-1-3-14(4-2-12)23-15-6-9-20(10-7-15)17(21)22/h1-5,8,11,15H,6-7,9-10H2,(H,21,22). The van der Waals surface area contributed by atoms with E-state index in [1.54, 1.807) is 6.07 Å². The maximum Gasteiger partial charge on any atom is 0.407 e. The maximum atomic E-state index is 13.1. The Labute approximate surface area is 133 Å². The van der Waals surface area contributed by atoms with Gasteiger partial charge in [-0.1, -0.05) is 12.1 Å². The monoisotopic (exact) mass is 316 g/mol. The van der Waals surface area contributed by atoms with Crippen molar-refractivity contribution in [2.75, 3.05) is 13.1 Å². The van der Waals surface area contributed by atoms with Gasteiger partial charge in [0.25, 0.3) is 0 Å². The lowest BCUT2D eigenvalue weighted by Crippen LogP contribution is -2.41. The van der Waals surface area contributed by atoms with Crippen molar-refractivity contribution in [1.29, 1.82) is 0 Å². The van der Waals surface area contributed by atoms with Crippen LogP contribution in [-0.4, -0.2) is 40.3 Å². The molecule has 2 aromatic rings. The van der Waals surface area contributed by atoms with Gasteiger partial charge in [0.05, 0.1) is 0 Å². The maximum absolute atomic E-state index is 13.1. The van der Waals surface area contributed by atoms with Crippen molar-refractivity contribution in [2.45, 2.75) is 18.9 Å². The molecule has 1 fully saturated rings. The predicted octanol–water partition coefficient (Wildman–Crippen LogP) is 3.41. The second kappa shape index (κ2) is 6.64. The molecule has 0 atom stereocenters. The van der Waals surface area contributed by atoms with Gasteiger partial charge in [0.2, 0.25) is 5.95 Å². The van der Waals surface area contributed by atoms with Gasteiger partial charge in [-0.3, -0.25) is 0 Å². The molecule has 1 aromatic carbocycles. The fraction of sp³-hybridized carbons (Fsp3) is 0.294. The fourth-order valence-electron chi connectivity index (χ4n) is 2.67. The second-order valence-electron chi connectivity index (χ2n) is 5.48. The van der Waals surface area contributed by atoms with E-state index in [4.69, 9.17) is 9.84 Å². The minimum atomic E-state index is -0.877. The molecule has 2 heterocycles. The van der Waals surface area contributed by atoms with E-state index in [1.807, 2.05) is 24.3 Å². The van der Waals surface area contributed by atoms with Crippen LogP contribution in [0.3, 0.4) is 0 Å². The van der Waals surface area contributed by atoms with Crippen LogP contribution >= 0.6 is 0 Å². The lowest BCUT2D eigenvalue weighted by atomic mass is 10.1. The number of halogens is 1. The fourth-order valence-corrected chi connectivity index (χ4v) is 2.67. The lowest BCUT2D eigenvalue weighted by Gasteiger charge is -2.30. The number of ether oxygens (including phenoxy) is 1. The van der Waals surface area contributed by atoms with E-state index in [1.165, 1.54) is 17.2 Å². The number of hydrogen-bond acceptors (Lipinski definition) is 3. The Kier molecular flexibility index (Phi) is 4.41. The first-order valence-corrected chi connectivity index (χ1v) is 7.48. The topological polar surface area (TPSA) is 62.7 Å². The molecule has 1 aliphatic heterocycles. The quantitative estimate of drug-likeness (QED) is 0.882. The summed E-state index contributed by atoms with van der Waals surface area (Å²) >= 11 is 0. The molecule has 0 saturated carbocycles. The summed E-state index contributed by atoms with van der Waals surface area (Å²) in [5.41, 5.74) is 1.65. The minimum Gasteiger partial charge on any atom is -0.490 e. The summed E-state index contributed by atoms with van der Waals surface area (Å²) in [6.07, 6.45) is 1.95. The number of amides is 1. The molecule has 120 valence electrons. The molecule has 0 unspecified atom stereocenters. The number of carbonyl (C=O) groups is 1. The van der Waals surface area contributed by atoms with Crippen LogP contribution < -0.4 is 4.74 Å². The highest BCUT2D eigenvalue weighted by Crippen LogP contribution is 2.24.